The number of hydrogen-bond acceptors (Lipinski definition) is 3. The summed E-state index contributed by atoms with van der Waals surface area (Å²) in [4.78, 5) is 11.6. The zero-order valence-electron chi connectivity index (χ0n) is 10.2. The van der Waals surface area contributed by atoms with Crippen molar-refractivity contribution in [3.05, 3.63) is 0 Å². The highest BCUT2D eigenvalue weighted by molar-refractivity contribution is 14.1. The molecule has 0 aromatic heterocycles. The number of carbonyl (C=O) groups is 1. The molecular formula is C12H21IO3. The van der Waals surface area contributed by atoms with E-state index in [-0.39, 0.29) is 16.0 Å². The molecule has 4 atom stereocenters. The SMILES string of the molecule is CCC(I)C(=O)OC(C)C1CCC(C)(O)C1. The number of ether oxygens (including phenoxy) is 1. The van der Waals surface area contributed by atoms with E-state index in [1.54, 1.807) is 0 Å². The summed E-state index contributed by atoms with van der Waals surface area (Å²) in [7, 11) is 0. The third-order valence-electron chi connectivity index (χ3n) is 3.34. The van der Waals surface area contributed by atoms with Gasteiger partial charge in [0.25, 0.3) is 0 Å². The minimum Gasteiger partial charge on any atom is -0.462 e. The first-order valence-electron chi connectivity index (χ1n) is 5.92. The molecule has 0 aliphatic heterocycles. The Labute approximate surface area is 111 Å². The fraction of sp³-hybridized carbons (Fsp3) is 0.917. The van der Waals surface area contributed by atoms with E-state index < -0.39 is 5.60 Å². The lowest BCUT2D eigenvalue weighted by molar-refractivity contribution is -0.149. The smallest absolute Gasteiger partial charge is 0.319 e. The van der Waals surface area contributed by atoms with Gasteiger partial charge < -0.3 is 9.84 Å². The standard InChI is InChI=1S/C12H21IO3/c1-4-10(13)11(14)16-8(2)9-5-6-12(3,15)7-9/h8-10,15H,4-7H2,1-3H3. The van der Waals surface area contributed by atoms with Crippen LogP contribution in [0.1, 0.15) is 46.5 Å². The zero-order valence-corrected chi connectivity index (χ0v) is 12.4. The molecule has 1 aliphatic carbocycles. The summed E-state index contributed by atoms with van der Waals surface area (Å²) < 4.78 is 5.37. The predicted octanol–water partition coefficient (Wildman–Crippen LogP) is 2.68. The Morgan fingerprint density at radius 1 is 1.69 bits per heavy atom. The van der Waals surface area contributed by atoms with E-state index in [1.165, 1.54) is 0 Å². The minimum atomic E-state index is -0.570. The second-order valence-corrected chi connectivity index (χ2v) is 6.52. The molecule has 3 nitrogen and oxygen atoms in total. The maximum Gasteiger partial charge on any atom is 0.319 e. The molecule has 0 aromatic rings. The number of rotatable bonds is 4. The van der Waals surface area contributed by atoms with Gasteiger partial charge in [-0.25, -0.2) is 0 Å². The summed E-state index contributed by atoms with van der Waals surface area (Å²) in [5.41, 5.74) is -0.570. The van der Waals surface area contributed by atoms with Crippen molar-refractivity contribution in [2.75, 3.05) is 0 Å². The van der Waals surface area contributed by atoms with Crippen molar-refractivity contribution >= 4 is 28.6 Å². The van der Waals surface area contributed by atoms with E-state index in [0.29, 0.717) is 5.92 Å². The van der Waals surface area contributed by atoms with Crippen molar-refractivity contribution in [1.29, 1.82) is 0 Å². The number of esters is 1. The Balaban J connectivity index is 2.42. The van der Waals surface area contributed by atoms with Gasteiger partial charge in [-0.2, -0.15) is 0 Å². The molecule has 94 valence electrons. The average molecular weight is 340 g/mol. The van der Waals surface area contributed by atoms with E-state index in [0.717, 1.165) is 25.7 Å². The van der Waals surface area contributed by atoms with E-state index in [4.69, 9.17) is 4.74 Å². The molecule has 0 amide bonds. The summed E-state index contributed by atoms with van der Waals surface area (Å²) in [6.07, 6.45) is 3.21. The third kappa shape index (κ3) is 3.87. The zero-order chi connectivity index (χ0) is 12.3. The highest BCUT2D eigenvalue weighted by Crippen LogP contribution is 2.37. The molecule has 4 unspecified atom stereocenters. The van der Waals surface area contributed by atoms with Crippen LogP contribution < -0.4 is 0 Å². The van der Waals surface area contributed by atoms with Crippen molar-refractivity contribution < 1.29 is 14.6 Å². The topological polar surface area (TPSA) is 46.5 Å². The number of alkyl halides is 1. The van der Waals surface area contributed by atoms with Gasteiger partial charge in [-0.3, -0.25) is 4.79 Å². The molecule has 1 N–H and O–H groups in total. The van der Waals surface area contributed by atoms with Gasteiger partial charge in [0, 0.05) is 0 Å². The van der Waals surface area contributed by atoms with Gasteiger partial charge in [0.05, 0.1) is 5.60 Å². The van der Waals surface area contributed by atoms with E-state index in [1.807, 2.05) is 20.8 Å². The molecule has 0 radical (unpaired) electrons. The quantitative estimate of drug-likeness (QED) is 0.486. The second-order valence-electron chi connectivity index (χ2n) is 5.02. The average Bonchev–Trinajstić information content (AvgIpc) is 2.57. The minimum absolute atomic E-state index is 0.0537. The Kier molecular flexibility index (Phi) is 5.04. The lowest BCUT2D eigenvalue weighted by atomic mass is 9.99. The summed E-state index contributed by atoms with van der Waals surface area (Å²) in [6, 6.07) is 0. The monoisotopic (exact) mass is 340 g/mol. The highest BCUT2D eigenvalue weighted by atomic mass is 127. The Morgan fingerprint density at radius 3 is 2.75 bits per heavy atom. The summed E-state index contributed by atoms with van der Waals surface area (Å²) in [5.74, 6) is 0.182. The first kappa shape index (κ1) is 14.2. The van der Waals surface area contributed by atoms with Gasteiger partial charge in [0.2, 0.25) is 0 Å². The molecule has 1 rings (SSSR count). The number of carbonyl (C=O) groups excluding carboxylic acids is 1. The molecule has 0 aromatic carbocycles. The summed E-state index contributed by atoms with van der Waals surface area (Å²) in [6.45, 7) is 5.76. The van der Waals surface area contributed by atoms with Gasteiger partial charge in [0.15, 0.2) is 0 Å². The lowest BCUT2D eigenvalue weighted by Gasteiger charge is -2.22. The van der Waals surface area contributed by atoms with Crippen LogP contribution in [0.4, 0.5) is 0 Å². The van der Waals surface area contributed by atoms with Crippen LogP contribution in [-0.4, -0.2) is 26.7 Å². The van der Waals surface area contributed by atoms with Crippen LogP contribution in [0, 0.1) is 5.92 Å². The number of halogens is 1. The van der Waals surface area contributed by atoms with Crippen LogP contribution >= 0.6 is 22.6 Å². The fourth-order valence-electron chi connectivity index (χ4n) is 2.19. The van der Waals surface area contributed by atoms with Gasteiger partial charge in [0.1, 0.15) is 10.0 Å². The van der Waals surface area contributed by atoms with Gasteiger partial charge in [-0.15, -0.1) is 0 Å². The van der Waals surface area contributed by atoms with Crippen molar-refractivity contribution in [3.8, 4) is 0 Å². The Bertz CT molecular complexity index is 253. The van der Waals surface area contributed by atoms with Crippen molar-refractivity contribution in [1.82, 2.24) is 0 Å². The fourth-order valence-corrected chi connectivity index (χ4v) is 2.33. The molecule has 1 saturated carbocycles. The number of hydrogen-bond donors (Lipinski definition) is 1. The van der Waals surface area contributed by atoms with Crippen LogP contribution in [0.2, 0.25) is 0 Å². The third-order valence-corrected chi connectivity index (χ3v) is 4.73. The Morgan fingerprint density at radius 2 is 2.31 bits per heavy atom. The van der Waals surface area contributed by atoms with Crippen molar-refractivity contribution in [2.45, 2.75) is 62.1 Å². The van der Waals surface area contributed by atoms with Gasteiger partial charge in [-0.1, -0.05) is 29.5 Å². The van der Waals surface area contributed by atoms with Crippen LogP contribution in [0.3, 0.4) is 0 Å². The second kappa shape index (κ2) is 5.67. The molecule has 4 heteroatoms. The lowest BCUT2D eigenvalue weighted by Crippen LogP contribution is -2.28. The molecule has 1 fully saturated rings. The molecular weight excluding hydrogens is 319 g/mol. The normalized spacial score (nSPS) is 33.4. The molecule has 0 bridgehead atoms. The Hall–Kier alpha value is 0.160. The first-order valence-corrected chi connectivity index (χ1v) is 7.17. The summed E-state index contributed by atoms with van der Waals surface area (Å²) in [5, 5.41) is 9.86. The first-order chi connectivity index (χ1) is 7.35. The van der Waals surface area contributed by atoms with Crippen LogP contribution in [0.15, 0.2) is 0 Å². The van der Waals surface area contributed by atoms with Gasteiger partial charge >= 0.3 is 5.97 Å². The maximum atomic E-state index is 11.6. The van der Waals surface area contributed by atoms with Crippen molar-refractivity contribution in [3.63, 3.8) is 0 Å². The van der Waals surface area contributed by atoms with Crippen molar-refractivity contribution in [2.24, 2.45) is 5.92 Å². The number of aliphatic hydroxyl groups is 1. The molecule has 0 saturated heterocycles. The van der Waals surface area contributed by atoms with E-state index in [2.05, 4.69) is 22.6 Å². The maximum absolute atomic E-state index is 11.6. The summed E-state index contributed by atoms with van der Waals surface area (Å²) >= 11 is 2.11. The molecule has 0 heterocycles. The molecule has 16 heavy (non-hydrogen) atoms. The van der Waals surface area contributed by atoms with E-state index >= 15 is 0 Å². The molecule has 0 spiro atoms. The highest BCUT2D eigenvalue weighted by Gasteiger charge is 2.37. The van der Waals surface area contributed by atoms with Crippen LogP contribution in [-0.2, 0) is 9.53 Å². The van der Waals surface area contributed by atoms with Crippen LogP contribution in [0.5, 0.6) is 0 Å². The largest absolute Gasteiger partial charge is 0.462 e. The van der Waals surface area contributed by atoms with E-state index in [9.17, 15) is 9.90 Å². The predicted molar refractivity (Wildman–Crippen MR) is 71.6 cm³/mol. The van der Waals surface area contributed by atoms with Gasteiger partial charge in [-0.05, 0) is 45.4 Å². The van der Waals surface area contributed by atoms with Crippen LogP contribution in [0.25, 0.3) is 0 Å². The molecule has 1 aliphatic rings.